The lowest BCUT2D eigenvalue weighted by Gasteiger charge is -2.35. The van der Waals surface area contributed by atoms with Crippen LogP contribution >= 0.6 is 11.6 Å². The molecule has 1 aromatic rings. The Morgan fingerprint density at radius 3 is 2.36 bits per heavy atom. The lowest BCUT2D eigenvalue weighted by molar-refractivity contribution is -0.326. The minimum atomic E-state index is -4.93. The largest absolute Gasteiger partial charge is 0.421 e. The average molecular weight is 422 g/mol. The van der Waals surface area contributed by atoms with Crippen molar-refractivity contribution in [1.29, 1.82) is 0 Å². The van der Waals surface area contributed by atoms with Crippen LogP contribution in [0.3, 0.4) is 0 Å². The van der Waals surface area contributed by atoms with Crippen molar-refractivity contribution in [3.63, 3.8) is 0 Å². The van der Waals surface area contributed by atoms with Gasteiger partial charge >= 0.3 is 6.18 Å². The van der Waals surface area contributed by atoms with E-state index in [1.54, 1.807) is 20.8 Å². The molecule has 0 aliphatic carbocycles. The van der Waals surface area contributed by atoms with Gasteiger partial charge in [-0.2, -0.15) is 13.2 Å². The zero-order valence-electron chi connectivity index (χ0n) is 16.0. The molecule has 9 heteroatoms. The number of rotatable bonds is 4. The Morgan fingerprint density at radius 1 is 1.25 bits per heavy atom. The zero-order chi connectivity index (χ0) is 21.5. The van der Waals surface area contributed by atoms with Crippen LogP contribution in [0.15, 0.2) is 18.2 Å². The normalized spacial score (nSPS) is 25.6. The number of ketones is 1. The van der Waals surface area contributed by atoms with E-state index in [4.69, 9.17) is 16.3 Å². The van der Waals surface area contributed by atoms with Crippen LogP contribution in [-0.2, 0) is 19.9 Å². The Labute approximate surface area is 166 Å². The van der Waals surface area contributed by atoms with Crippen LogP contribution in [0.1, 0.15) is 52.5 Å². The minimum Gasteiger partial charge on any atom is -0.365 e. The van der Waals surface area contributed by atoms with Gasteiger partial charge in [-0.05, 0) is 31.5 Å². The first-order valence-corrected chi connectivity index (χ1v) is 9.08. The second-order valence-electron chi connectivity index (χ2n) is 8.15. The summed E-state index contributed by atoms with van der Waals surface area (Å²) in [5.74, 6) is -3.26. The van der Waals surface area contributed by atoms with E-state index in [0.29, 0.717) is 0 Å². The standard InChI is InChI=1S/C19H23ClF3NO4/c1-11(25)10-17(27)7-8-18(28-17,19(21,22)23)13-9-12(20)5-6-14(13)24-15(26)16(2,3)4/h5-6,9,27H,7-8,10H2,1-4H3,(H,24,26)/t17-,18-/m1/s1. The van der Waals surface area contributed by atoms with Crippen molar-refractivity contribution in [3.05, 3.63) is 28.8 Å². The highest BCUT2D eigenvalue weighted by molar-refractivity contribution is 6.30. The van der Waals surface area contributed by atoms with Crippen molar-refractivity contribution in [2.45, 2.75) is 64.5 Å². The molecule has 0 radical (unpaired) electrons. The van der Waals surface area contributed by atoms with Gasteiger partial charge in [0.15, 0.2) is 11.4 Å². The van der Waals surface area contributed by atoms with E-state index in [1.807, 2.05) is 0 Å². The summed E-state index contributed by atoms with van der Waals surface area (Å²) in [6, 6.07) is 3.68. The number of carbonyl (C=O) groups is 2. The molecule has 0 bridgehead atoms. The first-order valence-electron chi connectivity index (χ1n) is 8.70. The maximum atomic E-state index is 14.2. The first-order chi connectivity index (χ1) is 12.6. The third kappa shape index (κ3) is 4.50. The van der Waals surface area contributed by atoms with Crippen LogP contribution in [0.5, 0.6) is 0 Å². The lowest BCUT2D eigenvalue weighted by atomic mass is 9.87. The number of halogens is 4. The summed E-state index contributed by atoms with van der Waals surface area (Å²) in [5, 5.41) is 12.9. The summed E-state index contributed by atoms with van der Waals surface area (Å²) >= 11 is 5.94. The predicted octanol–water partition coefficient (Wildman–Crippen LogP) is 4.56. The summed E-state index contributed by atoms with van der Waals surface area (Å²) < 4.78 is 47.7. The maximum absolute atomic E-state index is 14.2. The highest BCUT2D eigenvalue weighted by Gasteiger charge is 2.65. The number of hydrogen-bond donors (Lipinski definition) is 2. The SMILES string of the molecule is CC(=O)C[C@@]1(O)CC[C@@](c2cc(Cl)ccc2NC(=O)C(C)(C)C)(C(F)(F)F)O1. The van der Waals surface area contributed by atoms with Crippen LogP contribution in [0.2, 0.25) is 5.02 Å². The molecule has 1 saturated heterocycles. The number of alkyl halides is 3. The van der Waals surface area contributed by atoms with Gasteiger partial charge in [-0.15, -0.1) is 0 Å². The molecule has 1 aliphatic heterocycles. The number of carbonyl (C=O) groups excluding carboxylic acids is 2. The topological polar surface area (TPSA) is 75.6 Å². The third-order valence-electron chi connectivity index (χ3n) is 4.56. The van der Waals surface area contributed by atoms with Gasteiger partial charge in [0, 0.05) is 28.1 Å². The van der Waals surface area contributed by atoms with Crippen molar-refractivity contribution in [2.24, 2.45) is 5.41 Å². The van der Waals surface area contributed by atoms with Gasteiger partial charge in [-0.3, -0.25) is 9.59 Å². The third-order valence-corrected chi connectivity index (χ3v) is 4.80. The number of benzene rings is 1. The first kappa shape index (κ1) is 22.6. The van der Waals surface area contributed by atoms with Crippen molar-refractivity contribution >= 4 is 29.0 Å². The van der Waals surface area contributed by atoms with Crippen LogP contribution in [0.25, 0.3) is 0 Å². The fraction of sp³-hybridized carbons (Fsp3) is 0.579. The molecule has 2 N–H and O–H groups in total. The minimum absolute atomic E-state index is 0.0120. The summed E-state index contributed by atoms with van der Waals surface area (Å²) in [5.41, 5.74) is -4.30. The van der Waals surface area contributed by atoms with E-state index in [1.165, 1.54) is 12.1 Å². The van der Waals surface area contributed by atoms with E-state index in [2.05, 4.69) is 5.32 Å². The second kappa shape index (κ2) is 7.31. The van der Waals surface area contributed by atoms with E-state index < -0.39 is 59.5 Å². The Balaban J connectivity index is 2.59. The van der Waals surface area contributed by atoms with E-state index >= 15 is 0 Å². The molecule has 1 fully saturated rings. The van der Waals surface area contributed by atoms with Gasteiger partial charge in [0.05, 0.1) is 6.42 Å². The molecule has 0 saturated carbocycles. The molecule has 2 rings (SSSR count). The molecule has 1 aliphatic rings. The Kier molecular flexibility index (Phi) is 5.92. The van der Waals surface area contributed by atoms with Crippen LogP contribution in [-0.4, -0.2) is 28.8 Å². The van der Waals surface area contributed by atoms with Gasteiger partial charge in [-0.1, -0.05) is 32.4 Å². The smallest absolute Gasteiger partial charge is 0.365 e. The van der Waals surface area contributed by atoms with E-state index in [-0.39, 0.29) is 10.7 Å². The number of amides is 1. The number of aliphatic hydroxyl groups is 1. The predicted molar refractivity (Wildman–Crippen MR) is 97.8 cm³/mol. The van der Waals surface area contributed by atoms with Crippen molar-refractivity contribution in [1.82, 2.24) is 0 Å². The highest BCUT2D eigenvalue weighted by atomic mass is 35.5. The van der Waals surface area contributed by atoms with Gasteiger partial charge in [0.2, 0.25) is 5.91 Å². The van der Waals surface area contributed by atoms with E-state index in [0.717, 1.165) is 13.0 Å². The number of Topliss-reactive ketones (excluding diaryl/α,β-unsaturated/α-hetero) is 1. The Morgan fingerprint density at radius 2 is 1.86 bits per heavy atom. The fourth-order valence-corrected chi connectivity index (χ4v) is 3.29. The highest BCUT2D eigenvalue weighted by Crippen LogP contribution is 2.56. The monoisotopic (exact) mass is 421 g/mol. The Hall–Kier alpha value is -1.64. The quantitative estimate of drug-likeness (QED) is 0.747. The van der Waals surface area contributed by atoms with Crippen LogP contribution in [0, 0.1) is 5.41 Å². The van der Waals surface area contributed by atoms with Crippen LogP contribution < -0.4 is 5.32 Å². The maximum Gasteiger partial charge on any atom is 0.421 e. The summed E-state index contributed by atoms with van der Waals surface area (Å²) in [6.45, 7) is 6.02. The average Bonchev–Trinajstić information content (AvgIpc) is 2.85. The molecule has 2 atom stereocenters. The molecular formula is C19H23ClF3NO4. The fourth-order valence-electron chi connectivity index (χ4n) is 3.12. The van der Waals surface area contributed by atoms with Gasteiger partial charge in [0.25, 0.3) is 0 Å². The lowest BCUT2D eigenvalue weighted by Crippen LogP contribution is -2.46. The molecule has 5 nitrogen and oxygen atoms in total. The molecule has 28 heavy (non-hydrogen) atoms. The molecule has 1 amide bonds. The van der Waals surface area contributed by atoms with Crippen molar-refractivity contribution in [2.75, 3.05) is 5.32 Å². The zero-order valence-corrected chi connectivity index (χ0v) is 16.8. The molecule has 1 heterocycles. The number of ether oxygens (including phenoxy) is 1. The number of hydrogen-bond acceptors (Lipinski definition) is 4. The van der Waals surface area contributed by atoms with Crippen LogP contribution in [0.4, 0.5) is 18.9 Å². The second-order valence-corrected chi connectivity index (χ2v) is 8.58. The van der Waals surface area contributed by atoms with Gasteiger partial charge in [-0.25, -0.2) is 0 Å². The van der Waals surface area contributed by atoms with Gasteiger partial charge in [0.1, 0.15) is 5.78 Å². The summed E-state index contributed by atoms with van der Waals surface area (Å²) in [4.78, 5) is 23.7. The van der Waals surface area contributed by atoms with Crippen molar-refractivity contribution < 1.29 is 32.6 Å². The van der Waals surface area contributed by atoms with Gasteiger partial charge < -0.3 is 15.2 Å². The number of nitrogens with one attached hydrogen (secondary N) is 1. The van der Waals surface area contributed by atoms with Crippen molar-refractivity contribution in [3.8, 4) is 0 Å². The molecule has 0 spiro atoms. The summed E-state index contributed by atoms with van der Waals surface area (Å²) in [6.07, 6.45) is -6.53. The Bertz CT molecular complexity index is 790. The van der Waals surface area contributed by atoms with E-state index in [9.17, 15) is 27.9 Å². The summed E-state index contributed by atoms with van der Waals surface area (Å²) in [7, 11) is 0. The molecule has 1 aromatic carbocycles. The number of anilines is 1. The molecule has 0 unspecified atom stereocenters. The molecule has 156 valence electrons. The molecule has 0 aromatic heterocycles. The molecular weight excluding hydrogens is 399 g/mol.